The Morgan fingerprint density at radius 3 is 2.92 bits per heavy atom. The largest absolute Gasteiger partial charge is 0.376 e. The highest BCUT2D eigenvalue weighted by atomic mass is 32.2. The smallest absolute Gasteiger partial charge is 0.230 e. The molecule has 1 aromatic heterocycles. The number of hydrogen-bond acceptors (Lipinski definition) is 5. The zero-order valence-electron chi connectivity index (χ0n) is 14.5. The molecule has 1 aliphatic rings. The van der Waals surface area contributed by atoms with Crippen LogP contribution in [0, 0.1) is 25.2 Å². The Morgan fingerprint density at radius 2 is 2.20 bits per heavy atom. The molecule has 1 amide bonds. The zero-order valence-corrected chi connectivity index (χ0v) is 15.3. The molecule has 0 bridgehead atoms. The third kappa shape index (κ3) is 4.30. The van der Waals surface area contributed by atoms with Gasteiger partial charge in [0.25, 0.3) is 0 Å². The van der Waals surface area contributed by atoms with E-state index in [1.807, 2.05) is 32.0 Å². The molecule has 2 aromatic rings. The highest BCUT2D eigenvalue weighted by Gasteiger charge is 2.17. The number of rotatable bonds is 5. The summed E-state index contributed by atoms with van der Waals surface area (Å²) in [6, 6.07) is 8.10. The van der Waals surface area contributed by atoms with E-state index in [1.54, 1.807) is 0 Å². The van der Waals surface area contributed by atoms with Crippen molar-refractivity contribution >= 4 is 28.6 Å². The SMILES string of the molecule is Cc1cc2cc(C#N)c(SCC(=O)NC[C@@H]3CCCO3)nc2cc1C. The van der Waals surface area contributed by atoms with Crippen LogP contribution >= 0.6 is 11.8 Å². The minimum Gasteiger partial charge on any atom is -0.376 e. The summed E-state index contributed by atoms with van der Waals surface area (Å²) in [5.74, 6) is 0.177. The molecule has 1 aliphatic heterocycles. The first-order valence-electron chi connectivity index (χ1n) is 8.40. The highest BCUT2D eigenvalue weighted by Crippen LogP contribution is 2.26. The van der Waals surface area contributed by atoms with E-state index in [0.29, 0.717) is 17.1 Å². The maximum absolute atomic E-state index is 12.0. The summed E-state index contributed by atoms with van der Waals surface area (Å²) in [4.78, 5) is 16.6. The van der Waals surface area contributed by atoms with Crippen LogP contribution in [0.5, 0.6) is 0 Å². The van der Waals surface area contributed by atoms with Crippen LogP contribution in [0.1, 0.15) is 29.5 Å². The summed E-state index contributed by atoms with van der Waals surface area (Å²) < 4.78 is 5.49. The third-order valence-electron chi connectivity index (χ3n) is 4.41. The lowest BCUT2D eigenvalue weighted by Crippen LogP contribution is -2.32. The molecule has 6 heteroatoms. The number of aromatic nitrogens is 1. The molecule has 1 fully saturated rings. The molecular weight excluding hydrogens is 334 g/mol. The third-order valence-corrected chi connectivity index (χ3v) is 5.40. The second-order valence-corrected chi connectivity index (χ2v) is 7.27. The lowest BCUT2D eigenvalue weighted by atomic mass is 10.1. The van der Waals surface area contributed by atoms with E-state index >= 15 is 0 Å². The molecule has 3 rings (SSSR count). The second kappa shape index (κ2) is 7.85. The van der Waals surface area contributed by atoms with Crippen molar-refractivity contribution in [2.45, 2.75) is 37.8 Å². The van der Waals surface area contributed by atoms with Crippen LogP contribution in [-0.4, -0.2) is 35.9 Å². The van der Waals surface area contributed by atoms with Crippen molar-refractivity contribution in [2.24, 2.45) is 0 Å². The molecule has 1 aromatic carbocycles. The monoisotopic (exact) mass is 355 g/mol. The predicted molar refractivity (Wildman–Crippen MR) is 98.6 cm³/mol. The number of ether oxygens (including phenoxy) is 1. The predicted octanol–water partition coefficient (Wildman–Crippen LogP) is 3.11. The molecule has 130 valence electrons. The van der Waals surface area contributed by atoms with Gasteiger partial charge in [-0.1, -0.05) is 11.8 Å². The van der Waals surface area contributed by atoms with Gasteiger partial charge in [0.2, 0.25) is 5.91 Å². The van der Waals surface area contributed by atoms with Gasteiger partial charge in [-0.2, -0.15) is 5.26 Å². The Labute approximate surface area is 151 Å². The molecule has 0 saturated carbocycles. The molecule has 0 spiro atoms. The fourth-order valence-electron chi connectivity index (χ4n) is 2.83. The number of nitriles is 1. The number of carbonyl (C=O) groups excluding carboxylic acids is 1. The lowest BCUT2D eigenvalue weighted by Gasteiger charge is -2.11. The van der Waals surface area contributed by atoms with Crippen LogP contribution in [0.4, 0.5) is 0 Å². The average Bonchev–Trinajstić information content (AvgIpc) is 3.12. The van der Waals surface area contributed by atoms with Crippen molar-refractivity contribution in [1.29, 1.82) is 5.26 Å². The van der Waals surface area contributed by atoms with Gasteiger partial charge in [0.1, 0.15) is 11.1 Å². The first-order chi connectivity index (χ1) is 12.1. The molecule has 2 heterocycles. The summed E-state index contributed by atoms with van der Waals surface area (Å²) in [7, 11) is 0. The molecule has 25 heavy (non-hydrogen) atoms. The average molecular weight is 355 g/mol. The molecule has 1 saturated heterocycles. The normalized spacial score (nSPS) is 16.8. The van der Waals surface area contributed by atoms with E-state index in [0.717, 1.165) is 35.9 Å². The number of nitrogens with zero attached hydrogens (tertiary/aromatic N) is 2. The van der Waals surface area contributed by atoms with E-state index in [2.05, 4.69) is 16.4 Å². The van der Waals surface area contributed by atoms with Gasteiger partial charge >= 0.3 is 0 Å². The van der Waals surface area contributed by atoms with Crippen molar-refractivity contribution in [1.82, 2.24) is 10.3 Å². The quantitative estimate of drug-likeness (QED) is 0.834. The number of fused-ring (bicyclic) bond motifs is 1. The standard InChI is InChI=1S/C19H21N3O2S/c1-12-6-14-8-15(9-20)19(22-17(14)7-13(12)2)25-11-18(23)21-10-16-4-3-5-24-16/h6-8,16H,3-5,10-11H2,1-2H3,(H,21,23)/t16-/m0/s1. The molecule has 0 unspecified atom stereocenters. The Balaban J connectivity index is 1.68. The van der Waals surface area contributed by atoms with Gasteiger partial charge in [-0.3, -0.25) is 4.79 Å². The summed E-state index contributed by atoms with van der Waals surface area (Å²) in [5, 5.41) is 13.8. The number of hydrogen-bond donors (Lipinski definition) is 1. The highest BCUT2D eigenvalue weighted by molar-refractivity contribution is 8.00. The van der Waals surface area contributed by atoms with E-state index < -0.39 is 0 Å². The molecule has 1 atom stereocenters. The van der Waals surface area contributed by atoms with Gasteiger partial charge in [-0.15, -0.1) is 0 Å². The Bertz CT molecular complexity index is 839. The number of carbonyl (C=O) groups is 1. The Morgan fingerprint density at radius 1 is 1.40 bits per heavy atom. The van der Waals surface area contributed by atoms with Gasteiger partial charge in [-0.05, 0) is 56.0 Å². The van der Waals surface area contributed by atoms with E-state index in [1.165, 1.54) is 17.3 Å². The van der Waals surface area contributed by atoms with Gasteiger partial charge in [0.15, 0.2) is 0 Å². The zero-order chi connectivity index (χ0) is 17.8. The van der Waals surface area contributed by atoms with Gasteiger partial charge in [0.05, 0.1) is 22.9 Å². The Hall–Kier alpha value is -2.10. The number of pyridine rings is 1. The number of aryl methyl sites for hydroxylation is 2. The van der Waals surface area contributed by atoms with Crippen LogP contribution in [0.25, 0.3) is 10.9 Å². The number of nitrogens with one attached hydrogen (secondary N) is 1. The second-order valence-electron chi connectivity index (χ2n) is 6.31. The summed E-state index contributed by atoms with van der Waals surface area (Å²) >= 11 is 1.30. The summed E-state index contributed by atoms with van der Waals surface area (Å²) in [6.45, 7) is 5.41. The van der Waals surface area contributed by atoms with Crippen molar-refractivity contribution < 1.29 is 9.53 Å². The van der Waals surface area contributed by atoms with Crippen LogP contribution in [0.2, 0.25) is 0 Å². The van der Waals surface area contributed by atoms with Crippen LogP contribution < -0.4 is 5.32 Å². The maximum atomic E-state index is 12.0. The van der Waals surface area contributed by atoms with E-state index in [9.17, 15) is 10.1 Å². The van der Waals surface area contributed by atoms with Gasteiger partial charge in [0, 0.05) is 18.5 Å². The van der Waals surface area contributed by atoms with Gasteiger partial charge < -0.3 is 10.1 Å². The van der Waals surface area contributed by atoms with Crippen molar-refractivity contribution in [3.05, 3.63) is 34.9 Å². The first-order valence-corrected chi connectivity index (χ1v) is 9.38. The van der Waals surface area contributed by atoms with E-state index in [-0.39, 0.29) is 17.8 Å². The number of amides is 1. The molecule has 0 radical (unpaired) electrons. The topological polar surface area (TPSA) is 75.0 Å². The maximum Gasteiger partial charge on any atom is 0.230 e. The minimum atomic E-state index is -0.0635. The van der Waals surface area contributed by atoms with Crippen molar-refractivity contribution in [2.75, 3.05) is 18.9 Å². The first kappa shape index (κ1) is 17.7. The van der Waals surface area contributed by atoms with Crippen LogP contribution in [-0.2, 0) is 9.53 Å². The Kier molecular flexibility index (Phi) is 5.57. The molecule has 5 nitrogen and oxygen atoms in total. The van der Waals surface area contributed by atoms with Crippen LogP contribution in [0.3, 0.4) is 0 Å². The van der Waals surface area contributed by atoms with E-state index in [4.69, 9.17) is 4.74 Å². The fourth-order valence-corrected chi connectivity index (χ4v) is 3.62. The fraction of sp³-hybridized carbons (Fsp3) is 0.421. The van der Waals surface area contributed by atoms with Crippen molar-refractivity contribution in [3.8, 4) is 6.07 Å². The van der Waals surface area contributed by atoms with Crippen LogP contribution in [0.15, 0.2) is 23.2 Å². The number of benzene rings is 1. The summed E-state index contributed by atoms with van der Waals surface area (Å²) in [5.41, 5.74) is 3.69. The minimum absolute atomic E-state index is 0.0635. The molecular formula is C19H21N3O2S. The molecule has 1 N–H and O–H groups in total. The summed E-state index contributed by atoms with van der Waals surface area (Å²) in [6.07, 6.45) is 2.19. The van der Waals surface area contributed by atoms with Gasteiger partial charge in [-0.25, -0.2) is 4.98 Å². The van der Waals surface area contributed by atoms with Crippen molar-refractivity contribution in [3.63, 3.8) is 0 Å². The lowest BCUT2D eigenvalue weighted by molar-refractivity contribution is -0.119. The molecule has 0 aliphatic carbocycles. The number of thioether (sulfide) groups is 1.